The average molecular weight is 245 g/mol. The second kappa shape index (κ2) is 6.40. The van der Waals surface area contributed by atoms with Gasteiger partial charge in [0.2, 0.25) is 11.8 Å². The number of benzene rings is 1. The number of primary amides is 1. The molecule has 2 amide bonds. The molecular weight excluding hydrogens is 230 g/mol. The fourth-order valence-corrected chi connectivity index (χ4v) is 1.52. The number of anilines is 1. The van der Waals surface area contributed by atoms with Crippen LogP contribution >= 0.6 is 0 Å². The molecule has 1 unspecified atom stereocenters. The molecule has 0 saturated heterocycles. The Balaban J connectivity index is 2.78. The lowest BCUT2D eigenvalue weighted by Crippen LogP contribution is -2.21. The minimum Gasteiger partial charge on any atom is -0.366 e. The summed E-state index contributed by atoms with van der Waals surface area (Å²) in [5, 5.41) is 11.5. The van der Waals surface area contributed by atoms with Crippen molar-refractivity contribution < 1.29 is 9.59 Å². The Kier molecular flexibility index (Phi) is 4.88. The molecule has 1 atom stereocenters. The van der Waals surface area contributed by atoms with Gasteiger partial charge in [-0.15, -0.1) is 0 Å². The highest BCUT2D eigenvalue weighted by molar-refractivity contribution is 5.97. The average Bonchev–Trinajstić information content (AvgIpc) is 2.36. The molecule has 5 nitrogen and oxygen atoms in total. The summed E-state index contributed by atoms with van der Waals surface area (Å²) in [4.78, 5) is 22.8. The summed E-state index contributed by atoms with van der Waals surface area (Å²) >= 11 is 0. The van der Waals surface area contributed by atoms with E-state index in [2.05, 4.69) is 5.32 Å². The van der Waals surface area contributed by atoms with Crippen LogP contribution in [0.5, 0.6) is 0 Å². The number of nitrogens with two attached hydrogens (primary N) is 1. The lowest BCUT2D eigenvalue weighted by Gasteiger charge is -2.09. The molecule has 1 aromatic carbocycles. The van der Waals surface area contributed by atoms with Crippen molar-refractivity contribution in [3.05, 3.63) is 29.8 Å². The van der Waals surface area contributed by atoms with Crippen LogP contribution in [0.3, 0.4) is 0 Å². The number of amides is 2. The van der Waals surface area contributed by atoms with Crippen LogP contribution in [0.4, 0.5) is 5.69 Å². The van der Waals surface area contributed by atoms with Gasteiger partial charge in [0, 0.05) is 11.3 Å². The smallest absolute Gasteiger partial charge is 0.248 e. The van der Waals surface area contributed by atoms with Crippen molar-refractivity contribution in [1.82, 2.24) is 0 Å². The van der Waals surface area contributed by atoms with Gasteiger partial charge in [-0.05, 0) is 24.6 Å². The molecule has 0 spiro atoms. The van der Waals surface area contributed by atoms with Crippen LogP contribution in [0.2, 0.25) is 0 Å². The van der Waals surface area contributed by atoms with Crippen LogP contribution in [0, 0.1) is 17.2 Å². The Labute approximate surface area is 106 Å². The molecule has 0 aromatic heterocycles. The van der Waals surface area contributed by atoms with Gasteiger partial charge in [0.15, 0.2) is 0 Å². The van der Waals surface area contributed by atoms with Crippen LogP contribution in [0.25, 0.3) is 0 Å². The topological polar surface area (TPSA) is 96.0 Å². The van der Waals surface area contributed by atoms with E-state index >= 15 is 0 Å². The van der Waals surface area contributed by atoms with E-state index in [9.17, 15) is 9.59 Å². The van der Waals surface area contributed by atoms with E-state index in [0.717, 1.165) is 6.42 Å². The van der Waals surface area contributed by atoms with Gasteiger partial charge in [0.1, 0.15) is 5.92 Å². The van der Waals surface area contributed by atoms with Crippen molar-refractivity contribution in [2.24, 2.45) is 11.7 Å². The normalized spacial score (nSPS) is 11.3. The number of nitrogens with one attached hydrogen (secondary N) is 1. The second-order valence-corrected chi connectivity index (χ2v) is 3.90. The van der Waals surface area contributed by atoms with Crippen LogP contribution in [0.15, 0.2) is 24.3 Å². The van der Waals surface area contributed by atoms with Crippen LogP contribution in [-0.2, 0) is 4.79 Å². The Bertz CT molecular complexity index is 491. The molecule has 5 heteroatoms. The molecule has 0 heterocycles. The first-order valence-electron chi connectivity index (χ1n) is 5.68. The molecule has 0 fully saturated rings. The highest BCUT2D eigenvalue weighted by Gasteiger charge is 2.16. The maximum Gasteiger partial charge on any atom is 0.248 e. The standard InChI is InChI=1S/C13H15N3O2/c1-2-4-10(8-14)13(18)16-11-6-3-5-9(7-11)12(15)17/h3,5-7,10H,2,4H2,1H3,(H2,15,17)(H,16,18). The molecule has 0 aliphatic rings. The minimum atomic E-state index is -0.674. The second-order valence-electron chi connectivity index (χ2n) is 3.90. The van der Waals surface area contributed by atoms with E-state index in [1.807, 2.05) is 13.0 Å². The van der Waals surface area contributed by atoms with E-state index < -0.39 is 11.8 Å². The Morgan fingerprint density at radius 1 is 1.50 bits per heavy atom. The van der Waals surface area contributed by atoms with E-state index in [1.54, 1.807) is 18.2 Å². The number of carbonyl (C=O) groups excluding carboxylic acids is 2. The predicted molar refractivity (Wildman–Crippen MR) is 67.6 cm³/mol. The summed E-state index contributed by atoms with van der Waals surface area (Å²) in [6.07, 6.45) is 1.27. The van der Waals surface area contributed by atoms with Crippen LogP contribution in [-0.4, -0.2) is 11.8 Å². The summed E-state index contributed by atoms with van der Waals surface area (Å²) in [6, 6.07) is 8.27. The highest BCUT2D eigenvalue weighted by atomic mass is 16.2. The first-order valence-corrected chi connectivity index (χ1v) is 5.68. The summed E-state index contributed by atoms with van der Waals surface area (Å²) in [5.74, 6) is -1.59. The number of nitrogens with zero attached hydrogens (tertiary/aromatic N) is 1. The fraction of sp³-hybridized carbons (Fsp3) is 0.308. The van der Waals surface area contributed by atoms with Gasteiger partial charge < -0.3 is 11.1 Å². The Morgan fingerprint density at radius 2 is 2.22 bits per heavy atom. The SMILES string of the molecule is CCCC(C#N)C(=O)Nc1cccc(C(N)=O)c1. The quantitative estimate of drug-likeness (QED) is 0.825. The summed E-state index contributed by atoms with van der Waals surface area (Å²) in [7, 11) is 0. The van der Waals surface area contributed by atoms with Crippen molar-refractivity contribution >= 4 is 17.5 Å². The number of carbonyl (C=O) groups is 2. The maximum absolute atomic E-state index is 11.8. The Morgan fingerprint density at radius 3 is 2.78 bits per heavy atom. The van der Waals surface area contributed by atoms with Gasteiger partial charge in [-0.1, -0.05) is 19.4 Å². The maximum atomic E-state index is 11.8. The van der Waals surface area contributed by atoms with E-state index in [0.29, 0.717) is 17.7 Å². The molecule has 0 aliphatic heterocycles. The van der Waals surface area contributed by atoms with Gasteiger partial charge in [-0.25, -0.2) is 0 Å². The molecule has 1 rings (SSSR count). The number of hydrogen-bond acceptors (Lipinski definition) is 3. The van der Waals surface area contributed by atoms with Gasteiger partial charge in [-0.2, -0.15) is 5.26 Å². The zero-order valence-electron chi connectivity index (χ0n) is 10.1. The molecule has 3 N–H and O–H groups in total. The van der Waals surface area contributed by atoms with Crippen molar-refractivity contribution in [2.45, 2.75) is 19.8 Å². The van der Waals surface area contributed by atoms with Gasteiger partial charge in [-0.3, -0.25) is 9.59 Å². The van der Waals surface area contributed by atoms with E-state index in [-0.39, 0.29) is 5.91 Å². The third kappa shape index (κ3) is 3.59. The lowest BCUT2D eigenvalue weighted by molar-refractivity contribution is -0.118. The molecule has 94 valence electrons. The van der Waals surface area contributed by atoms with Gasteiger partial charge >= 0.3 is 0 Å². The zero-order chi connectivity index (χ0) is 13.5. The summed E-state index contributed by atoms with van der Waals surface area (Å²) in [6.45, 7) is 1.91. The molecular formula is C13H15N3O2. The van der Waals surface area contributed by atoms with Crippen LogP contribution in [0.1, 0.15) is 30.1 Å². The predicted octanol–water partition coefficient (Wildman–Crippen LogP) is 1.66. The monoisotopic (exact) mass is 245 g/mol. The van der Waals surface area contributed by atoms with E-state index in [4.69, 9.17) is 11.0 Å². The van der Waals surface area contributed by atoms with E-state index in [1.165, 1.54) is 6.07 Å². The fourth-order valence-electron chi connectivity index (χ4n) is 1.52. The molecule has 1 aromatic rings. The summed E-state index contributed by atoms with van der Waals surface area (Å²) < 4.78 is 0. The van der Waals surface area contributed by atoms with Crippen molar-refractivity contribution in [3.63, 3.8) is 0 Å². The first kappa shape index (κ1) is 13.7. The molecule has 18 heavy (non-hydrogen) atoms. The third-order valence-electron chi connectivity index (χ3n) is 2.46. The molecule has 0 radical (unpaired) electrons. The Hall–Kier alpha value is -2.35. The minimum absolute atomic E-state index is 0.316. The summed E-state index contributed by atoms with van der Waals surface area (Å²) in [5.41, 5.74) is 5.93. The molecule has 0 bridgehead atoms. The number of rotatable bonds is 5. The third-order valence-corrected chi connectivity index (χ3v) is 2.46. The first-order chi connectivity index (χ1) is 8.58. The van der Waals surface area contributed by atoms with Crippen molar-refractivity contribution in [3.8, 4) is 6.07 Å². The van der Waals surface area contributed by atoms with Gasteiger partial charge in [0.05, 0.1) is 6.07 Å². The highest BCUT2D eigenvalue weighted by Crippen LogP contribution is 2.13. The lowest BCUT2D eigenvalue weighted by atomic mass is 10.0. The van der Waals surface area contributed by atoms with Crippen molar-refractivity contribution in [2.75, 3.05) is 5.32 Å². The number of hydrogen-bond donors (Lipinski definition) is 2. The molecule has 0 saturated carbocycles. The van der Waals surface area contributed by atoms with Crippen molar-refractivity contribution in [1.29, 1.82) is 5.26 Å². The molecule has 0 aliphatic carbocycles. The van der Waals surface area contributed by atoms with Crippen LogP contribution < -0.4 is 11.1 Å². The zero-order valence-corrected chi connectivity index (χ0v) is 10.1. The van der Waals surface area contributed by atoms with Gasteiger partial charge in [0.25, 0.3) is 0 Å². The largest absolute Gasteiger partial charge is 0.366 e. The number of nitriles is 1.